The molecule has 0 radical (unpaired) electrons. The Labute approximate surface area is 137 Å². The van der Waals surface area contributed by atoms with E-state index >= 15 is 0 Å². The number of aldehydes is 1. The average Bonchev–Trinajstić information content (AvgIpc) is 2.49. The Morgan fingerprint density at radius 1 is 1.35 bits per heavy atom. The molecule has 2 rings (SSSR count). The second-order valence-corrected chi connectivity index (χ2v) is 6.76. The molecule has 0 saturated carbocycles. The Morgan fingerprint density at radius 2 is 2.04 bits per heavy atom. The van der Waals surface area contributed by atoms with E-state index in [1.165, 1.54) is 0 Å². The van der Waals surface area contributed by atoms with Crippen molar-refractivity contribution in [2.24, 2.45) is 5.92 Å². The zero-order valence-electron chi connectivity index (χ0n) is 14.5. The second kappa shape index (κ2) is 6.60. The summed E-state index contributed by atoms with van der Waals surface area (Å²) in [7, 11) is 0. The first-order chi connectivity index (χ1) is 10.8. The Kier molecular flexibility index (Phi) is 4.97. The molecule has 0 aromatic heterocycles. The number of nitrogens with zero attached hydrogens (tertiary/aromatic N) is 1. The lowest BCUT2D eigenvalue weighted by molar-refractivity contribution is -0.132. The molecule has 1 aliphatic rings. The van der Waals surface area contributed by atoms with Crippen molar-refractivity contribution in [3.63, 3.8) is 0 Å². The molecular formula is C18H25NO4. The van der Waals surface area contributed by atoms with E-state index in [0.717, 1.165) is 12.7 Å². The monoisotopic (exact) mass is 319 g/mol. The van der Waals surface area contributed by atoms with Crippen LogP contribution in [-0.2, 0) is 4.79 Å². The van der Waals surface area contributed by atoms with Gasteiger partial charge in [-0.25, -0.2) is 0 Å². The highest BCUT2D eigenvalue weighted by Gasteiger charge is 2.42. The lowest BCUT2D eigenvalue weighted by Gasteiger charge is -2.40. The Balaban J connectivity index is 2.59. The number of hydrogen-bond acceptors (Lipinski definition) is 4. The Morgan fingerprint density at radius 3 is 2.61 bits per heavy atom. The van der Waals surface area contributed by atoms with Crippen molar-refractivity contribution in [3.05, 3.63) is 17.7 Å². The molecule has 1 aromatic carbocycles. The maximum atomic E-state index is 12.7. The number of anilines is 1. The molecule has 0 aliphatic carbocycles. The minimum absolute atomic E-state index is 0.108. The van der Waals surface area contributed by atoms with Gasteiger partial charge in [0.1, 0.15) is 6.29 Å². The van der Waals surface area contributed by atoms with Crippen molar-refractivity contribution in [3.8, 4) is 11.5 Å². The lowest BCUT2D eigenvalue weighted by atomic mass is 10.0. The molecule has 5 heteroatoms. The van der Waals surface area contributed by atoms with E-state index in [1.54, 1.807) is 30.9 Å². The fourth-order valence-electron chi connectivity index (χ4n) is 2.58. The van der Waals surface area contributed by atoms with Gasteiger partial charge >= 0.3 is 0 Å². The third-order valence-electron chi connectivity index (χ3n) is 3.61. The smallest absolute Gasteiger partial charge is 0.270 e. The standard InChI is InChI=1S/C18H25NO4/c1-6-7-22-15-9-13(11-20)8-14-16(15)23-18(4,5)17(21)19(14)10-12(2)3/h8-9,11-12H,6-7,10H2,1-5H3. The van der Waals surface area contributed by atoms with Gasteiger partial charge in [-0.1, -0.05) is 20.8 Å². The minimum atomic E-state index is -0.963. The van der Waals surface area contributed by atoms with Crippen LogP contribution in [0.25, 0.3) is 0 Å². The molecule has 0 bridgehead atoms. The molecule has 1 aromatic rings. The van der Waals surface area contributed by atoms with Crippen LogP contribution < -0.4 is 14.4 Å². The number of carbonyl (C=O) groups is 2. The van der Waals surface area contributed by atoms with E-state index in [2.05, 4.69) is 0 Å². The Bertz CT molecular complexity index is 607. The number of benzene rings is 1. The first kappa shape index (κ1) is 17.3. The van der Waals surface area contributed by atoms with Gasteiger partial charge in [-0.15, -0.1) is 0 Å². The SMILES string of the molecule is CCCOc1cc(C=O)cc2c1OC(C)(C)C(=O)N2CC(C)C. The molecule has 1 aliphatic heterocycles. The van der Waals surface area contributed by atoms with E-state index in [1.807, 2.05) is 20.8 Å². The van der Waals surface area contributed by atoms with Gasteiger partial charge in [0, 0.05) is 12.1 Å². The predicted molar refractivity (Wildman–Crippen MR) is 89.5 cm³/mol. The fourth-order valence-corrected chi connectivity index (χ4v) is 2.58. The van der Waals surface area contributed by atoms with E-state index in [-0.39, 0.29) is 5.91 Å². The van der Waals surface area contributed by atoms with Crippen molar-refractivity contribution >= 4 is 17.9 Å². The summed E-state index contributed by atoms with van der Waals surface area (Å²) in [6.07, 6.45) is 1.61. The largest absolute Gasteiger partial charge is 0.490 e. The van der Waals surface area contributed by atoms with Crippen LogP contribution in [0.2, 0.25) is 0 Å². The van der Waals surface area contributed by atoms with Gasteiger partial charge in [-0.3, -0.25) is 9.59 Å². The van der Waals surface area contributed by atoms with Gasteiger partial charge in [0.2, 0.25) is 0 Å². The molecular weight excluding hydrogens is 294 g/mol. The van der Waals surface area contributed by atoms with Crippen molar-refractivity contribution in [2.75, 3.05) is 18.1 Å². The van der Waals surface area contributed by atoms with Crippen LogP contribution in [0.3, 0.4) is 0 Å². The highest BCUT2D eigenvalue weighted by molar-refractivity contribution is 6.03. The summed E-state index contributed by atoms with van der Waals surface area (Å²) in [6, 6.07) is 3.36. The molecule has 23 heavy (non-hydrogen) atoms. The average molecular weight is 319 g/mol. The first-order valence-electron chi connectivity index (χ1n) is 8.07. The predicted octanol–water partition coefficient (Wildman–Crippen LogP) is 3.45. The summed E-state index contributed by atoms with van der Waals surface area (Å²) in [4.78, 5) is 25.7. The van der Waals surface area contributed by atoms with Gasteiger partial charge in [-0.05, 0) is 38.3 Å². The highest BCUT2D eigenvalue weighted by atomic mass is 16.5. The number of ether oxygens (including phenoxy) is 2. The zero-order valence-corrected chi connectivity index (χ0v) is 14.5. The number of amides is 1. The number of hydrogen-bond donors (Lipinski definition) is 0. The molecule has 0 atom stereocenters. The molecule has 0 fully saturated rings. The van der Waals surface area contributed by atoms with E-state index in [0.29, 0.717) is 41.8 Å². The van der Waals surface area contributed by atoms with Crippen LogP contribution >= 0.6 is 0 Å². The molecule has 0 N–H and O–H groups in total. The Hall–Kier alpha value is -2.04. The topological polar surface area (TPSA) is 55.8 Å². The highest BCUT2D eigenvalue weighted by Crippen LogP contribution is 2.45. The van der Waals surface area contributed by atoms with Crippen LogP contribution in [0.4, 0.5) is 5.69 Å². The summed E-state index contributed by atoms with van der Waals surface area (Å²) >= 11 is 0. The molecule has 1 heterocycles. The van der Waals surface area contributed by atoms with Crippen LogP contribution in [0.15, 0.2) is 12.1 Å². The van der Waals surface area contributed by atoms with Gasteiger partial charge in [-0.2, -0.15) is 0 Å². The maximum Gasteiger partial charge on any atom is 0.270 e. The second-order valence-electron chi connectivity index (χ2n) is 6.76. The van der Waals surface area contributed by atoms with Crippen molar-refractivity contribution in [1.29, 1.82) is 0 Å². The zero-order chi connectivity index (χ0) is 17.2. The molecule has 0 spiro atoms. The van der Waals surface area contributed by atoms with Gasteiger partial charge in [0.25, 0.3) is 5.91 Å². The van der Waals surface area contributed by atoms with Crippen LogP contribution in [0.5, 0.6) is 11.5 Å². The van der Waals surface area contributed by atoms with Crippen molar-refractivity contribution in [2.45, 2.75) is 46.6 Å². The summed E-state index contributed by atoms with van der Waals surface area (Å²) in [5.74, 6) is 1.24. The maximum absolute atomic E-state index is 12.7. The molecule has 1 amide bonds. The van der Waals surface area contributed by atoms with Crippen LogP contribution in [-0.4, -0.2) is 30.9 Å². The van der Waals surface area contributed by atoms with E-state index < -0.39 is 5.60 Å². The number of carbonyl (C=O) groups excluding carboxylic acids is 2. The summed E-state index contributed by atoms with van der Waals surface area (Å²) in [5, 5.41) is 0. The molecule has 0 unspecified atom stereocenters. The molecule has 126 valence electrons. The van der Waals surface area contributed by atoms with E-state index in [4.69, 9.17) is 9.47 Å². The molecule has 0 saturated heterocycles. The third-order valence-corrected chi connectivity index (χ3v) is 3.61. The summed E-state index contributed by atoms with van der Waals surface area (Å²) in [5.41, 5.74) is 0.119. The normalized spacial score (nSPS) is 16.1. The van der Waals surface area contributed by atoms with Crippen LogP contribution in [0, 0.1) is 5.92 Å². The van der Waals surface area contributed by atoms with Crippen LogP contribution in [0.1, 0.15) is 51.4 Å². The number of fused-ring (bicyclic) bond motifs is 1. The number of rotatable bonds is 6. The van der Waals surface area contributed by atoms with Gasteiger partial charge < -0.3 is 14.4 Å². The summed E-state index contributed by atoms with van der Waals surface area (Å²) in [6.45, 7) is 10.7. The van der Waals surface area contributed by atoms with Gasteiger partial charge in [0.05, 0.1) is 12.3 Å². The lowest BCUT2D eigenvalue weighted by Crippen LogP contribution is -2.53. The quantitative estimate of drug-likeness (QED) is 0.754. The van der Waals surface area contributed by atoms with Crippen molar-refractivity contribution in [1.82, 2.24) is 0 Å². The van der Waals surface area contributed by atoms with Gasteiger partial charge in [0.15, 0.2) is 17.1 Å². The minimum Gasteiger partial charge on any atom is -0.490 e. The third kappa shape index (κ3) is 3.49. The summed E-state index contributed by atoms with van der Waals surface area (Å²) < 4.78 is 11.7. The first-order valence-corrected chi connectivity index (χ1v) is 8.07. The van der Waals surface area contributed by atoms with E-state index in [9.17, 15) is 9.59 Å². The molecule has 5 nitrogen and oxygen atoms in total. The van der Waals surface area contributed by atoms with Crippen molar-refractivity contribution < 1.29 is 19.1 Å². The fraction of sp³-hybridized carbons (Fsp3) is 0.556.